The summed E-state index contributed by atoms with van der Waals surface area (Å²) in [6.07, 6.45) is 3.93. The molecule has 2 aliphatic heterocycles. The zero-order chi connectivity index (χ0) is 33.9. The molecule has 0 aliphatic carbocycles. The Balaban J connectivity index is 1.16. The zero-order valence-corrected chi connectivity index (χ0v) is 28.1. The average molecular weight is 659 g/mol. The molecule has 0 saturated carbocycles. The Morgan fingerprint density at radius 1 is 0.588 bits per heavy atom. The van der Waals surface area contributed by atoms with Gasteiger partial charge in [0.15, 0.2) is 0 Å². The summed E-state index contributed by atoms with van der Waals surface area (Å²) in [6.45, 7) is 0. The Morgan fingerprint density at radius 2 is 1.33 bits per heavy atom. The van der Waals surface area contributed by atoms with Crippen molar-refractivity contribution in [1.82, 2.24) is 14.8 Å². The minimum atomic E-state index is -0.294. The summed E-state index contributed by atoms with van der Waals surface area (Å²) in [5, 5.41) is 8.71. The second-order valence-electron chi connectivity index (χ2n) is 13.3. The number of para-hydroxylation sites is 2. The highest BCUT2D eigenvalue weighted by atomic mass is 16.5. The summed E-state index contributed by atoms with van der Waals surface area (Å²) in [5.41, 5.74) is 8.93. The van der Waals surface area contributed by atoms with Gasteiger partial charge in [-0.3, -0.25) is 9.88 Å². The Hall–Kier alpha value is -6.43. The van der Waals surface area contributed by atoms with Crippen molar-refractivity contribution in [2.75, 3.05) is 7.05 Å². The Morgan fingerprint density at radius 3 is 2.22 bits per heavy atom. The lowest BCUT2D eigenvalue weighted by Gasteiger charge is -2.39. The van der Waals surface area contributed by atoms with Crippen LogP contribution in [0.1, 0.15) is 34.6 Å². The number of hydrogen-bond acceptors (Lipinski definition) is 4. The number of nitrogens with one attached hydrogen (secondary N) is 1. The van der Waals surface area contributed by atoms with Crippen molar-refractivity contribution in [3.63, 3.8) is 0 Å². The van der Waals surface area contributed by atoms with Gasteiger partial charge in [0.2, 0.25) is 5.96 Å². The van der Waals surface area contributed by atoms with Gasteiger partial charge in [0.05, 0.1) is 11.0 Å². The van der Waals surface area contributed by atoms with E-state index in [-0.39, 0.29) is 12.3 Å². The smallest absolute Gasteiger partial charge is 0.209 e. The highest BCUT2D eigenvalue weighted by Crippen LogP contribution is 2.42. The number of ether oxygens (including phenoxy) is 1. The first-order valence-corrected chi connectivity index (χ1v) is 17.4. The fourth-order valence-electron chi connectivity index (χ4n) is 7.81. The van der Waals surface area contributed by atoms with Crippen molar-refractivity contribution in [2.45, 2.75) is 12.3 Å². The van der Waals surface area contributed by atoms with Gasteiger partial charge in [-0.15, -0.1) is 0 Å². The van der Waals surface area contributed by atoms with Crippen molar-refractivity contribution in [3.8, 4) is 22.6 Å². The van der Waals surface area contributed by atoms with Crippen LogP contribution >= 0.6 is 0 Å². The van der Waals surface area contributed by atoms with E-state index in [4.69, 9.17) is 9.73 Å². The normalized spacial score (nSPS) is 16.8. The molecule has 0 saturated heterocycles. The van der Waals surface area contributed by atoms with Crippen LogP contribution in [0, 0.1) is 0 Å². The van der Waals surface area contributed by atoms with E-state index in [0.717, 1.165) is 50.6 Å². The number of rotatable bonds is 3. The standard InChI is InChI=1S/C46H34N4O/c1-49-45(34-14-3-2-4-15-34)47-44(33-24-22-31(23-25-33)36-19-11-16-30-12-5-7-17-35(30)36)48-46(49)50-40-20-9-8-18-37(40)38-28-29-42-39(43(38)50)27-26-32-13-6-10-21-41(32)51-42/h2-29,44-45,47H,1H3. The third-order valence-corrected chi connectivity index (χ3v) is 10.3. The molecule has 0 amide bonds. The molecule has 244 valence electrons. The predicted molar refractivity (Wildman–Crippen MR) is 210 cm³/mol. The van der Waals surface area contributed by atoms with Crippen LogP contribution in [0.25, 0.3) is 55.9 Å². The number of hydrogen-bond donors (Lipinski definition) is 1. The lowest BCUT2D eigenvalue weighted by molar-refractivity contribution is 0.250. The summed E-state index contributed by atoms with van der Waals surface area (Å²) in [7, 11) is 2.13. The molecule has 10 rings (SSSR count). The molecule has 0 spiro atoms. The minimum Gasteiger partial charge on any atom is -0.456 e. The van der Waals surface area contributed by atoms with Crippen LogP contribution in [0.4, 0.5) is 0 Å². The molecule has 1 aromatic heterocycles. The summed E-state index contributed by atoms with van der Waals surface area (Å²) < 4.78 is 8.92. The van der Waals surface area contributed by atoms with Crippen molar-refractivity contribution >= 4 is 50.7 Å². The molecule has 3 heterocycles. The lowest BCUT2D eigenvalue weighted by atomic mass is 9.97. The third-order valence-electron chi connectivity index (χ3n) is 10.3. The first-order valence-electron chi connectivity index (χ1n) is 17.4. The SMILES string of the molecule is CN1C(n2c3ccccc3c3ccc4c(c32)C=Cc2ccccc2O4)=NC(c2ccc(-c3cccc4ccccc34)cc2)NC1c1ccccc1. The largest absolute Gasteiger partial charge is 0.456 e. The summed E-state index contributed by atoms with van der Waals surface area (Å²) in [6, 6.07) is 55.7. The quantitative estimate of drug-likeness (QED) is 0.205. The minimum absolute atomic E-state index is 0.129. The van der Waals surface area contributed by atoms with Gasteiger partial charge >= 0.3 is 0 Å². The molecule has 0 fully saturated rings. The molecular weight excluding hydrogens is 625 g/mol. The number of benzene rings is 7. The average Bonchev–Trinajstić information content (AvgIpc) is 3.39. The maximum absolute atomic E-state index is 6.59. The summed E-state index contributed by atoms with van der Waals surface area (Å²) in [5.74, 6) is 2.53. The lowest BCUT2D eigenvalue weighted by Crippen LogP contribution is -2.48. The van der Waals surface area contributed by atoms with Crippen LogP contribution in [0.5, 0.6) is 11.5 Å². The van der Waals surface area contributed by atoms with Crippen molar-refractivity contribution < 1.29 is 4.74 Å². The molecule has 51 heavy (non-hydrogen) atoms. The maximum atomic E-state index is 6.59. The topological polar surface area (TPSA) is 41.8 Å². The van der Waals surface area contributed by atoms with Gasteiger partial charge in [-0.05, 0) is 63.4 Å². The van der Waals surface area contributed by atoms with E-state index >= 15 is 0 Å². The van der Waals surface area contributed by atoms with Gasteiger partial charge in [-0.1, -0.05) is 140 Å². The van der Waals surface area contributed by atoms with Crippen LogP contribution < -0.4 is 10.1 Å². The second-order valence-corrected chi connectivity index (χ2v) is 13.3. The van der Waals surface area contributed by atoms with Crippen LogP contribution in [-0.4, -0.2) is 22.5 Å². The molecule has 5 nitrogen and oxygen atoms in total. The number of nitrogens with zero attached hydrogens (tertiary/aromatic N) is 3. The van der Waals surface area contributed by atoms with Crippen LogP contribution in [0.2, 0.25) is 0 Å². The van der Waals surface area contributed by atoms with E-state index in [1.54, 1.807) is 0 Å². The van der Waals surface area contributed by atoms with Gasteiger partial charge in [-0.25, -0.2) is 4.99 Å². The van der Waals surface area contributed by atoms with Gasteiger partial charge in [-0.2, -0.15) is 0 Å². The Labute approximate surface area is 296 Å². The monoisotopic (exact) mass is 658 g/mol. The molecular formula is C46H34N4O. The van der Waals surface area contributed by atoms with E-state index in [2.05, 4.69) is 174 Å². The molecule has 2 aliphatic rings. The number of fused-ring (bicyclic) bond motifs is 7. The first-order chi connectivity index (χ1) is 25.2. The third kappa shape index (κ3) is 4.85. The molecule has 2 atom stereocenters. The number of aliphatic imine (C=N–C) groups is 1. The fourth-order valence-corrected chi connectivity index (χ4v) is 7.81. The van der Waals surface area contributed by atoms with E-state index in [1.165, 1.54) is 32.8 Å². The number of aromatic nitrogens is 1. The molecule has 0 bridgehead atoms. The zero-order valence-electron chi connectivity index (χ0n) is 28.1. The fraction of sp³-hybridized carbons (Fsp3) is 0.0652. The van der Waals surface area contributed by atoms with E-state index < -0.39 is 0 Å². The van der Waals surface area contributed by atoms with Crippen LogP contribution in [-0.2, 0) is 0 Å². The summed E-state index contributed by atoms with van der Waals surface area (Å²) in [4.78, 5) is 7.81. The van der Waals surface area contributed by atoms with Gasteiger partial charge in [0.25, 0.3) is 0 Å². The molecule has 5 heteroatoms. The van der Waals surface area contributed by atoms with E-state index in [9.17, 15) is 0 Å². The van der Waals surface area contributed by atoms with Gasteiger partial charge in [0, 0.05) is 28.9 Å². The summed E-state index contributed by atoms with van der Waals surface area (Å²) >= 11 is 0. The maximum Gasteiger partial charge on any atom is 0.209 e. The van der Waals surface area contributed by atoms with E-state index in [1.807, 2.05) is 18.2 Å². The Bertz CT molecular complexity index is 2670. The highest BCUT2D eigenvalue weighted by Gasteiger charge is 2.33. The van der Waals surface area contributed by atoms with E-state index in [0.29, 0.717) is 0 Å². The molecule has 8 aromatic rings. The van der Waals surface area contributed by atoms with Crippen molar-refractivity contribution in [2.24, 2.45) is 4.99 Å². The highest BCUT2D eigenvalue weighted by molar-refractivity contribution is 6.17. The van der Waals surface area contributed by atoms with Crippen LogP contribution in [0.15, 0.2) is 163 Å². The molecule has 1 N–H and O–H groups in total. The van der Waals surface area contributed by atoms with Crippen molar-refractivity contribution in [3.05, 3.63) is 180 Å². The van der Waals surface area contributed by atoms with Crippen LogP contribution in [0.3, 0.4) is 0 Å². The predicted octanol–water partition coefficient (Wildman–Crippen LogP) is 11.0. The van der Waals surface area contributed by atoms with Crippen molar-refractivity contribution in [1.29, 1.82) is 0 Å². The second kappa shape index (κ2) is 11.9. The molecule has 0 radical (unpaired) electrons. The van der Waals surface area contributed by atoms with Gasteiger partial charge in [0.1, 0.15) is 23.8 Å². The molecule has 7 aromatic carbocycles. The molecule has 2 unspecified atom stereocenters. The Kier molecular flexibility index (Phi) is 6.86. The first kappa shape index (κ1) is 29.5. The van der Waals surface area contributed by atoms with Gasteiger partial charge < -0.3 is 9.64 Å².